The van der Waals surface area contributed by atoms with E-state index in [0.717, 1.165) is 46.9 Å². The molecule has 2 aromatic carbocycles. The van der Waals surface area contributed by atoms with Crippen molar-refractivity contribution >= 4 is 28.1 Å². The van der Waals surface area contributed by atoms with Gasteiger partial charge in [-0.25, -0.2) is 13.1 Å². The van der Waals surface area contributed by atoms with E-state index in [2.05, 4.69) is 25.5 Å². The predicted molar refractivity (Wildman–Crippen MR) is 154 cm³/mol. The molecule has 3 saturated carbocycles. The molecule has 1 unspecified atom stereocenters. The lowest BCUT2D eigenvalue weighted by Gasteiger charge is -2.64. The van der Waals surface area contributed by atoms with Crippen molar-refractivity contribution in [2.24, 2.45) is 17.3 Å². The van der Waals surface area contributed by atoms with Gasteiger partial charge in [-0.15, -0.1) is 0 Å². The molecule has 212 valence electrons. The zero-order valence-electron chi connectivity index (χ0n) is 23.5. The van der Waals surface area contributed by atoms with E-state index >= 15 is 0 Å². The van der Waals surface area contributed by atoms with Crippen LogP contribution in [0, 0.1) is 17.3 Å². The Morgan fingerprint density at radius 1 is 1.05 bits per heavy atom. The number of hydrogen-bond donors (Lipinski definition) is 1. The topological polar surface area (TPSA) is 87.0 Å². The van der Waals surface area contributed by atoms with Crippen molar-refractivity contribution in [3.63, 3.8) is 0 Å². The molecule has 0 amide bonds. The molecule has 9 heteroatoms. The van der Waals surface area contributed by atoms with E-state index in [1.165, 1.54) is 0 Å². The standard InChI is InChI=1S/C31H38BNO6S/c1-30(2)23-15-27(30)31(3)28(16-23)38-32(39-31)29(14-22-18-37-26-11-7-6-10-25(22)26)33-40(34,35)19-21-8-4-5-9-24(21)20-12-13-36-17-20/h4-11,18,20,23,27-29,33H,12-17,19H2,1-3H3/t20?,23-,27-,28+,29-,31-/m0/s1. The molecule has 2 bridgehead atoms. The van der Waals surface area contributed by atoms with Crippen LogP contribution >= 0.6 is 0 Å². The van der Waals surface area contributed by atoms with E-state index in [0.29, 0.717) is 31.5 Å². The van der Waals surface area contributed by atoms with Crippen molar-refractivity contribution in [3.8, 4) is 0 Å². The number of rotatable bonds is 8. The van der Waals surface area contributed by atoms with E-state index in [9.17, 15) is 8.42 Å². The predicted octanol–water partition coefficient (Wildman–Crippen LogP) is 5.23. The fourth-order valence-corrected chi connectivity index (χ4v) is 9.42. The largest absolute Gasteiger partial charge is 0.477 e. The number of hydrogen-bond acceptors (Lipinski definition) is 6. The molecule has 3 heterocycles. The van der Waals surface area contributed by atoms with Gasteiger partial charge >= 0.3 is 7.12 Å². The average molecular weight is 564 g/mol. The quantitative estimate of drug-likeness (QED) is 0.378. The van der Waals surface area contributed by atoms with Gasteiger partial charge in [-0.1, -0.05) is 56.3 Å². The molecule has 40 heavy (non-hydrogen) atoms. The van der Waals surface area contributed by atoms with Gasteiger partial charge in [0.25, 0.3) is 0 Å². The molecule has 0 spiro atoms. The zero-order valence-corrected chi connectivity index (χ0v) is 24.3. The van der Waals surface area contributed by atoms with Crippen LogP contribution in [0.1, 0.15) is 62.6 Å². The SMILES string of the molecule is CC1(C)[C@@H]2C[C@H]3OB([C@H](Cc4coc5ccccc45)NS(=O)(=O)Cc4ccccc4C4CCOC4)O[C@@]3(C)[C@H]1C2. The fourth-order valence-electron chi connectivity index (χ4n) is 8.01. The second kappa shape index (κ2) is 9.70. The Kier molecular flexibility index (Phi) is 6.48. The number of fused-ring (bicyclic) bond motifs is 1. The second-order valence-electron chi connectivity index (χ2n) is 13.0. The molecule has 5 aliphatic rings. The zero-order chi connectivity index (χ0) is 27.7. The summed E-state index contributed by atoms with van der Waals surface area (Å²) in [5, 5.41) is 0.975. The number of furan rings is 1. The maximum atomic E-state index is 13.8. The lowest BCUT2D eigenvalue weighted by molar-refractivity contribution is -0.199. The normalized spacial score (nSPS) is 31.7. The van der Waals surface area contributed by atoms with Crippen LogP contribution in [0.3, 0.4) is 0 Å². The Bertz CT molecular complexity index is 1510. The highest BCUT2D eigenvalue weighted by atomic mass is 32.2. The molecule has 2 aliphatic heterocycles. The fraction of sp³-hybridized carbons (Fsp3) is 0.548. The Hall–Kier alpha value is -2.17. The molecule has 8 rings (SSSR count). The van der Waals surface area contributed by atoms with Gasteiger partial charge in [0.05, 0.1) is 36.3 Å². The van der Waals surface area contributed by atoms with E-state index < -0.39 is 28.7 Å². The highest BCUT2D eigenvalue weighted by molar-refractivity contribution is 7.88. The first kappa shape index (κ1) is 26.7. The van der Waals surface area contributed by atoms with E-state index in [1.54, 1.807) is 6.26 Å². The van der Waals surface area contributed by atoms with Crippen molar-refractivity contribution in [3.05, 3.63) is 71.5 Å². The molecule has 3 aromatic rings. The van der Waals surface area contributed by atoms with Crippen LogP contribution in [0.25, 0.3) is 11.0 Å². The minimum atomic E-state index is -3.74. The number of sulfonamides is 1. The van der Waals surface area contributed by atoms with Crippen LogP contribution in [-0.4, -0.2) is 46.4 Å². The summed E-state index contributed by atoms with van der Waals surface area (Å²) < 4.78 is 55.4. The molecule has 2 saturated heterocycles. The third kappa shape index (κ3) is 4.45. The van der Waals surface area contributed by atoms with Crippen molar-refractivity contribution in [1.82, 2.24) is 4.72 Å². The molecule has 6 atom stereocenters. The number of para-hydroxylation sites is 1. The molecule has 1 N–H and O–H groups in total. The first-order valence-corrected chi connectivity index (χ1v) is 16.2. The molecule has 0 radical (unpaired) electrons. The van der Waals surface area contributed by atoms with Crippen molar-refractivity contribution in [2.75, 3.05) is 13.2 Å². The van der Waals surface area contributed by atoms with Gasteiger partial charge in [-0.05, 0) is 72.6 Å². The molecule has 5 fully saturated rings. The summed E-state index contributed by atoms with van der Waals surface area (Å²) in [5.74, 6) is 0.519. The van der Waals surface area contributed by atoms with Gasteiger partial charge in [0.15, 0.2) is 0 Å². The van der Waals surface area contributed by atoms with Gasteiger partial charge in [0, 0.05) is 17.9 Å². The third-order valence-corrected chi connectivity index (χ3v) is 11.8. The van der Waals surface area contributed by atoms with Gasteiger partial charge in [0.2, 0.25) is 10.0 Å². The van der Waals surface area contributed by atoms with Crippen molar-refractivity contribution < 1.29 is 26.9 Å². The molecular formula is C31H38BNO6S. The third-order valence-electron chi connectivity index (χ3n) is 10.4. The summed E-state index contributed by atoms with van der Waals surface area (Å²) in [4.78, 5) is 0. The van der Waals surface area contributed by atoms with Crippen LogP contribution in [-0.2, 0) is 36.2 Å². The Balaban J connectivity index is 1.18. The molecule has 7 nitrogen and oxygen atoms in total. The maximum Gasteiger partial charge on any atom is 0.477 e. The van der Waals surface area contributed by atoms with Gasteiger partial charge < -0.3 is 18.5 Å². The summed E-state index contributed by atoms with van der Waals surface area (Å²) in [6, 6.07) is 15.7. The number of nitrogens with one attached hydrogen (secondary N) is 1. The Morgan fingerprint density at radius 2 is 1.85 bits per heavy atom. The molecular weight excluding hydrogens is 525 g/mol. The highest BCUT2D eigenvalue weighted by Crippen LogP contribution is 2.65. The number of benzene rings is 2. The lowest BCUT2D eigenvalue weighted by Crippen LogP contribution is -2.65. The smallest absolute Gasteiger partial charge is 0.464 e. The first-order chi connectivity index (χ1) is 19.1. The van der Waals surface area contributed by atoms with E-state index in [-0.39, 0.29) is 23.2 Å². The molecule has 3 aliphatic carbocycles. The summed E-state index contributed by atoms with van der Waals surface area (Å²) in [6.07, 6.45) is 5.08. The first-order valence-electron chi connectivity index (χ1n) is 14.6. The van der Waals surface area contributed by atoms with Crippen LogP contribution in [0.2, 0.25) is 0 Å². The highest BCUT2D eigenvalue weighted by Gasteiger charge is 2.68. The minimum absolute atomic E-state index is 0.0366. The monoisotopic (exact) mass is 563 g/mol. The van der Waals surface area contributed by atoms with Crippen LogP contribution < -0.4 is 4.72 Å². The van der Waals surface area contributed by atoms with Gasteiger partial charge in [-0.3, -0.25) is 0 Å². The second-order valence-corrected chi connectivity index (χ2v) is 14.8. The van der Waals surface area contributed by atoms with E-state index in [1.807, 2.05) is 48.5 Å². The van der Waals surface area contributed by atoms with Crippen molar-refractivity contribution in [2.45, 2.75) is 75.8 Å². The molecule has 1 aromatic heterocycles. The van der Waals surface area contributed by atoms with Gasteiger partial charge in [-0.2, -0.15) is 0 Å². The summed E-state index contributed by atoms with van der Waals surface area (Å²) in [5.41, 5.74) is 3.35. The average Bonchev–Trinajstić information content (AvgIpc) is 3.66. The summed E-state index contributed by atoms with van der Waals surface area (Å²) >= 11 is 0. The summed E-state index contributed by atoms with van der Waals surface area (Å²) in [7, 11) is -4.43. The van der Waals surface area contributed by atoms with Crippen molar-refractivity contribution in [1.29, 1.82) is 0 Å². The van der Waals surface area contributed by atoms with E-state index in [4.69, 9.17) is 18.5 Å². The van der Waals surface area contributed by atoms with Gasteiger partial charge in [0.1, 0.15) is 5.58 Å². The Morgan fingerprint density at radius 3 is 2.65 bits per heavy atom. The van der Waals surface area contributed by atoms with Crippen LogP contribution in [0.15, 0.2) is 59.2 Å². The Labute approximate surface area is 237 Å². The van der Waals surface area contributed by atoms with Crippen LogP contribution in [0.4, 0.5) is 0 Å². The minimum Gasteiger partial charge on any atom is -0.464 e. The maximum absolute atomic E-state index is 13.8. The summed E-state index contributed by atoms with van der Waals surface area (Å²) in [6.45, 7) is 8.16. The number of ether oxygens (including phenoxy) is 1. The lowest BCUT2D eigenvalue weighted by atomic mass is 9.43. The van der Waals surface area contributed by atoms with Crippen LogP contribution in [0.5, 0.6) is 0 Å².